The highest BCUT2D eigenvalue weighted by Gasteiger charge is 2.36. The first-order valence-electron chi connectivity index (χ1n) is 9.44. The first kappa shape index (κ1) is 19.5. The molecule has 1 aliphatic heterocycles. The number of carbonyl (C=O) groups is 2. The normalized spacial score (nSPS) is 15.4. The summed E-state index contributed by atoms with van der Waals surface area (Å²) in [6.07, 6.45) is 4.57. The van der Waals surface area contributed by atoms with E-state index in [4.69, 9.17) is 5.10 Å². The summed E-state index contributed by atoms with van der Waals surface area (Å²) in [6.45, 7) is 4.01. The van der Waals surface area contributed by atoms with E-state index in [0.717, 1.165) is 16.8 Å². The lowest BCUT2D eigenvalue weighted by molar-refractivity contribution is -0.131. The number of fused-ring (bicyclic) bond motifs is 1. The third-order valence-electron chi connectivity index (χ3n) is 5.16. The van der Waals surface area contributed by atoms with Gasteiger partial charge in [-0.25, -0.2) is 4.39 Å². The zero-order valence-corrected chi connectivity index (χ0v) is 16.4. The van der Waals surface area contributed by atoms with Crippen LogP contribution >= 0.6 is 0 Å². The van der Waals surface area contributed by atoms with E-state index in [1.807, 2.05) is 12.1 Å². The third kappa shape index (κ3) is 3.36. The average Bonchev–Trinajstić information content (AvgIpc) is 3.17. The number of nitrogens with one attached hydrogen (secondary N) is 1. The summed E-state index contributed by atoms with van der Waals surface area (Å²) < 4.78 is 15.2. The van der Waals surface area contributed by atoms with Crippen LogP contribution in [-0.2, 0) is 16.1 Å². The monoisotopic (exact) mass is 405 g/mol. The van der Waals surface area contributed by atoms with Crippen LogP contribution in [0.2, 0.25) is 0 Å². The van der Waals surface area contributed by atoms with Crippen molar-refractivity contribution in [1.82, 2.24) is 25.0 Å². The predicted octanol–water partition coefficient (Wildman–Crippen LogP) is 2.57. The van der Waals surface area contributed by atoms with Gasteiger partial charge in [-0.2, -0.15) is 5.10 Å². The Kier molecular flexibility index (Phi) is 5.14. The molecule has 0 aliphatic carbocycles. The van der Waals surface area contributed by atoms with Crippen LogP contribution in [0.4, 0.5) is 4.39 Å². The fraction of sp³-hybridized carbons (Fsp3) is 0.182. The molecule has 0 saturated carbocycles. The predicted molar refractivity (Wildman–Crippen MR) is 110 cm³/mol. The number of benzene rings is 1. The molecular formula is C22H20FN5O2. The average molecular weight is 405 g/mol. The molecule has 1 atom stereocenters. The number of carbonyl (C=O) groups excluding carboxylic acids is 2. The summed E-state index contributed by atoms with van der Waals surface area (Å²) in [4.78, 5) is 30.7. The van der Waals surface area contributed by atoms with E-state index in [2.05, 4.69) is 16.9 Å². The molecule has 1 aliphatic rings. The molecule has 152 valence electrons. The lowest BCUT2D eigenvalue weighted by Gasteiger charge is -2.32. The van der Waals surface area contributed by atoms with E-state index >= 15 is 0 Å². The first-order valence-corrected chi connectivity index (χ1v) is 9.44. The lowest BCUT2D eigenvalue weighted by Crippen LogP contribution is -2.46. The molecule has 1 N–H and O–H groups in total. The number of hydrogen-bond donors (Lipinski definition) is 1. The van der Waals surface area contributed by atoms with Gasteiger partial charge in [0.25, 0.3) is 0 Å². The minimum absolute atomic E-state index is 0.178. The van der Waals surface area contributed by atoms with Crippen LogP contribution in [0.3, 0.4) is 0 Å². The highest BCUT2D eigenvalue weighted by atomic mass is 19.1. The second kappa shape index (κ2) is 7.90. The van der Waals surface area contributed by atoms with Crippen molar-refractivity contribution in [2.75, 3.05) is 13.6 Å². The molecule has 1 aromatic carbocycles. The van der Waals surface area contributed by atoms with Gasteiger partial charge >= 0.3 is 0 Å². The van der Waals surface area contributed by atoms with E-state index in [9.17, 15) is 14.0 Å². The van der Waals surface area contributed by atoms with Gasteiger partial charge in [0.2, 0.25) is 11.8 Å². The Labute approximate surface area is 172 Å². The minimum Gasteiger partial charge on any atom is -0.357 e. The topological polar surface area (TPSA) is 80.1 Å². The van der Waals surface area contributed by atoms with E-state index in [0.29, 0.717) is 11.3 Å². The van der Waals surface area contributed by atoms with Crippen LogP contribution in [0.1, 0.15) is 11.7 Å². The van der Waals surface area contributed by atoms with Gasteiger partial charge in [0.15, 0.2) is 0 Å². The summed E-state index contributed by atoms with van der Waals surface area (Å²) in [5, 5.41) is 7.39. The number of hydrogen-bond acceptors (Lipinski definition) is 4. The molecule has 0 spiro atoms. The Morgan fingerprint density at radius 1 is 1.17 bits per heavy atom. The molecule has 7 nitrogen and oxygen atoms in total. The maximum absolute atomic E-state index is 13.5. The number of rotatable bonds is 4. The lowest BCUT2D eigenvalue weighted by atomic mass is 9.98. The van der Waals surface area contributed by atoms with E-state index in [1.165, 1.54) is 18.2 Å². The van der Waals surface area contributed by atoms with Gasteiger partial charge in [-0.15, -0.1) is 0 Å². The van der Waals surface area contributed by atoms with Gasteiger partial charge < -0.3 is 10.2 Å². The summed E-state index contributed by atoms with van der Waals surface area (Å²) in [6, 6.07) is 9.02. The first-order chi connectivity index (χ1) is 14.5. The van der Waals surface area contributed by atoms with Gasteiger partial charge in [0.1, 0.15) is 17.6 Å². The number of nitrogens with zero attached hydrogens (tertiary/aromatic N) is 4. The summed E-state index contributed by atoms with van der Waals surface area (Å²) >= 11 is 0. The van der Waals surface area contributed by atoms with Gasteiger partial charge in [-0.05, 0) is 48.0 Å². The smallest absolute Gasteiger partial charge is 0.246 e. The molecule has 3 aromatic rings. The molecular weight excluding hydrogens is 385 g/mol. The Hall–Kier alpha value is -3.81. The standard InChI is InChI=1S/C22H20FN5O2/c1-3-19(29)27-12-17-20(14-8-10-25-11-9-14)21(15-4-6-16(23)7-5-15)26-28(17)18(13-27)22(30)24-2/h3-11,18H,1,12-13H2,2H3,(H,24,30). The number of amides is 2. The van der Waals surface area contributed by atoms with Gasteiger partial charge in [-0.3, -0.25) is 19.3 Å². The number of halogens is 1. The molecule has 0 fully saturated rings. The third-order valence-corrected chi connectivity index (χ3v) is 5.16. The van der Waals surface area contributed by atoms with Crippen LogP contribution in [0.5, 0.6) is 0 Å². The van der Waals surface area contributed by atoms with E-state index in [-0.39, 0.29) is 30.7 Å². The molecule has 3 heterocycles. The fourth-order valence-corrected chi connectivity index (χ4v) is 3.70. The van der Waals surface area contributed by atoms with Crippen LogP contribution in [0, 0.1) is 5.82 Å². The molecule has 2 aromatic heterocycles. The van der Waals surface area contributed by atoms with Crippen molar-refractivity contribution in [3.63, 3.8) is 0 Å². The van der Waals surface area contributed by atoms with Crippen molar-refractivity contribution in [2.45, 2.75) is 12.6 Å². The Bertz CT molecular complexity index is 1110. The molecule has 2 amide bonds. The second-order valence-corrected chi connectivity index (χ2v) is 6.91. The highest BCUT2D eigenvalue weighted by Crippen LogP contribution is 2.38. The van der Waals surface area contributed by atoms with Crippen molar-refractivity contribution in [2.24, 2.45) is 0 Å². The van der Waals surface area contributed by atoms with Crippen molar-refractivity contribution in [3.8, 4) is 22.4 Å². The molecule has 0 bridgehead atoms. The Balaban J connectivity index is 1.96. The second-order valence-electron chi connectivity index (χ2n) is 6.91. The van der Waals surface area contributed by atoms with Crippen LogP contribution < -0.4 is 5.32 Å². The molecule has 8 heteroatoms. The summed E-state index contributed by atoms with van der Waals surface area (Å²) in [5.74, 6) is -0.869. The van der Waals surface area contributed by atoms with Crippen molar-refractivity contribution in [3.05, 3.63) is 73.0 Å². The van der Waals surface area contributed by atoms with E-state index < -0.39 is 6.04 Å². The minimum atomic E-state index is -0.697. The number of pyridine rings is 1. The molecule has 0 saturated heterocycles. The van der Waals surface area contributed by atoms with Crippen molar-refractivity contribution < 1.29 is 14.0 Å². The van der Waals surface area contributed by atoms with Gasteiger partial charge in [0, 0.05) is 30.6 Å². The fourth-order valence-electron chi connectivity index (χ4n) is 3.70. The summed E-state index contributed by atoms with van der Waals surface area (Å²) in [7, 11) is 1.55. The number of aromatic nitrogens is 3. The van der Waals surface area contributed by atoms with Crippen LogP contribution in [0.25, 0.3) is 22.4 Å². The zero-order valence-electron chi connectivity index (χ0n) is 16.4. The molecule has 1 unspecified atom stereocenters. The van der Waals surface area contributed by atoms with Gasteiger partial charge in [-0.1, -0.05) is 6.58 Å². The Morgan fingerprint density at radius 3 is 2.50 bits per heavy atom. The SMILES string of the molecule is C=CC(=O)N1Cc2c(-c3ccncc3)c(-c3ccc(F)cc3)nn2C(C(=O)NC)C1. The highest BCUT2D eigenvalue weighted by molar-refractivity contribution is 5.90. The maximum Gasteiger partial charge on any atom is 0.246 e. The Morgan fingerprint density at radius 2 is 1.87 bits per heavy atom. The van der Waals surface area contributed by atoms with E-state index in [1.54, 1.807) is 41.2 Å². The molecule has 0 radical (unpaired) electrons. The largest absolute Gasteiger partial charge is 0.357 e. The van der Waals surface area contributed by atoms with Crippen LogP contribution in [0.15, 0.2) is 61.4 Å². The zero-order chi connectivity index (χ0) is 21.3. The molecule has 4 rings (SSSR count). The van der Waals surface area contributed by atoms with Crippen LogP contribution in [-0.4, -0.2) is 45.1 Å². The van der Waals surface area contributed by atoms with Crippen molar-refractivity contribution in [1.29, 1.82) is 0 Å². The quantitative estimate of drug-likeness (QED) is 0.677. The van der Waals surface area contributed by atoms with Crippen molar-refractivity contribution >= 4 is 11.8 Å². The number of likely N-dealkylation sites (N-methyl/N-ethyl adjacent to an activating group) is 1. The summed E-state index contributed by atoms with van der Waals surface area (Å²) in [5.41, 5.74) is 3.66. The molecule has 30 heavy (non-hydrogen) atoms. The van der Waals surface area contributed by atoms with Gasteiger partial charge in [0.05, 0.1) is 18.8 Å². The maximum atomic E-state index is 13.5.